The first-order chi connectivity index (χ1) is 9.76. The van der Waals surface area contributed by atoms with Gasteiger partial charge >= 0.3 is 0 Å². The van der Waals surface area contributed by atoms with Crippen molar-refractivity contribution in [1.29, 1.82) is 0 Å². The van der Waals surface area contributed by atoms with Gasteiger partial charge in [0.05, 0.1) is 6.10 Å². The van der Waals surface area contributed by atoms with E-state index in [0.29, 0.717) is 0 Å². The van der Waals surface area contributed by atoms with Crippen LogP contribution in [0, 0.1) is 29.6 Å². The first-order valence-corrected chi connectivity index (χ1v) is 9.44. The van der Waals surface area contributed by atoms with Crippen LogP contribution in [0.15, 0.2) is 0 Å². The number of fused-ring (bicyclic) bond motifs is 1. The summed E-state index contributed by atoms with van der Waals surface area (Å²) < 4.78 is 0. The third-order valence-corrected chi connectivity index (χ3v) is 6.88. The molecule has 0 radical (unpaired) electrons. The van der Waals surface area contributed by atoms with Gasteiger partial charge in [-0.2, -0.15) is 0 Å². The van der Waals surface area contributed by atoms with E-state index in [1.807, 2.05) is 0 Å². The molecule has 0 aromatic heterocycles. The molecule has 1 N–H and O–H groups in total. The first-order valence-electron chi connectivity index (χ1n) is 9.44. The maximum Gasteiger partial charge on any atom is 0.0543 e. The lowest BCUT2D eigenvalue weighted by Gasteiger charge is -2.44. The Morgan fingerprint density at radius 3 is 1.95 bits per heavy atom. The Morgan fingerprint density at radius 2 is 1.25 bits per heavy atom. The van der Waals surface area contributed by atoms with Crippen LogP contribution < -0.4 is 0 Å². The fraction of sp³-hybridized carbons (Fsp3) is 1.00. The van der Waals surface area contributed by atoms with E-state index in [0.717, 1.165) is 42.4 Å². The van der Waals surface area contributed by atoms with Gasteiger partial charge in [-0.3, -0.25) is 0 Å². The number of aliphatic hydroxyl groups is 1. The minimum Gasteiger partial charge on any atom is -0.393 e. The zero-order valence-corrected chi connectivity index (χ0v) is 13.4. The molecule has 0 amide bonds. The topological polar surface area (TPSA) is 20.2 Å². The van der Waals surface area contributed by atoms with Crippen LogP contribution in [-0.2, 0) is 0 Å². The van der Waals surface area contributed by atoms with Gasteiger partial charge in [-0.1, -0.05) is 32.6 Å². The first kappa shape index (κ1) is 14.9. The molecule has 3 saturated carbocycles. The Labute approximate surface area is 125 Å². The van der Waals surface area contributed by atoms with E-state index in [4.69, 9.17) is 0 Å². The smallest absolute Gasteiger partial charge is 0.0543 e. The van der Waals surface area contributed by atoms with E-state index < -0.39 is 0 Å². The highest BCUT2D eigenvalue weighted by atomic mass is 16.3. The second kappa shape index (κ2) is 6.81. The fourth-order valence-corrected chi connectivity index (χ4v) is 5.69. The third-order valence-electron chi connectivity index (χ3n) is 6.88. The minimum absolute atomic E-state index is 0.0253. The molecular formula is C19H34O. The van der Waals surface area contributed by atoms with E-state index in [9.17, 15) is 5.11 Å². The van der Waals surface area contributed by atoms with Crippen LogP contribution in [0.5, 0.6) is 0 Å². The molecule has 3 fully saturated rings. The zero-order valence-electron chi connectivity index (χ0n) is 13.4. The van der Waals surface area contributed by atoms with E-state index in [1.165, 1.54) is 64.2 Å². The van der Waals surface area contributed by atoms with Crippen molar-refractivity contribution in [1.82, 2.24) is 0 Å². The highest BCUT2D eigenvalue weighted by Gasteiger charge is 2.38. The van der Waals surface area contributed by atoms with Crippen LogP contribution in [0.2, 0.25) is 0 Å². The van der Waals surface area contributed by atoms with Crippen LogP contribution >= 0.6 is 0 Å². The van der Waals surface area contributed by atoms with Gasteiger partial charge in [-0.05, 0) is 81.0 Å². The molecule has 3 rings (SSSR count). The summed E-state index contributed by atoms with van der Waals surface area (Å²) in [6.07, 6.45) is 16.8. The zero-order chi connectivity index (χ0) is 13.9. The number of hydrogen-bond acceptors (Lipinski definition) is 1. The predicted molar refractivity (Wildman–Crippen MR) is 84.5 cm³/mol. The molecule has 1 nitrogen and oxygen atoms in total. The highest BCUT2D eigenvalue weighted by molar-refractivity contribution is 4.89. The van der Waals surface area contributed by atoms with Crippen molar-refractivity contribution in [3.05, 3.63) is 0 Å². The Morgan fingerprint density at radius 1 is 0.700 bits per heavy atom. The van der Waals surface area contributed by atoms with Crippen molar-refractivity contribution in [2.24, 2.45) is 29.6 Å². The van der Waals surface area contributed by atoms with Crippen molar-refractivity contribution in [3.63, 3.8) is 0 Å². The molecule has 116 valence electrons. The molecule has 0 heterocycles. The summed E-state index contributed by atoms with van der Waals surface area (Å²) in [4.78, 5) is 0. The lowest BCUT2D eigenvalue weighted by molar-refractivity contribution is 0.0189. The Hall–Kier alpha value is -0.0400. The monoisotopic (exact) mass is 278 g/mol. The van der Waals surface area contributed by atoms with Crippen molar-refractivity contribution >= 4 is 0 Å². The van der Waals surface area contributed by atoms with Gasteiger partial charge in [-0.25, -0.2) is 0 Å². The van der Waals surface area contributed by atoms with Crippen molar-refractivity contribution in [3.8, 4) is 0 Å². The van der Waals surface area contributed by atoms with Crippen molar-refractivity contribution < 1.29 is 5.11 Å². The summed E-state index contributed by atoms with van der Waals surface area (Å²) >= 11 is 0. The van der Waals surface area contributed by atoms with Gasteiger partial charge in [0, 0.05) is 0 Å². The summed E-state index contributed by atoms with van der Waals surface area (Å²) in [5.41, 5.74) is 0. The molecule has 0 aromatic carbocycles. The lowest BCUT2D eigenvalue weighted by Crippen LogP contribution is -2.35. The molecule has 3 aliphatic carbocycles. The maximum absolute atomic E-state index is 9.84. The van der Waals surface area contributed by atoms with Gasteiger partial charge in [0.1, 0.15) is 0 Å². The summed E-state index contributed by atoms with van der Waals surface area (Å²) in [5.74, 6) is 4.97. The summed E-state index contributed by atoms with van der Waals surface area (Å²) in [5, 5.41) is 9.84. The predicted octanol–water partition coefficient (Wildman–Crippen LogP) is 5.17. The average molecular weight is 278 g/mol. The standard InChI is InChI=1S/C19H34O/c1-2-3-14-4-6-15(7-5-14)16-8-9-18-13-19(20)11-10-17(18)12-16/h14-20H,2-13H2,1H3/t14?,15?,16?,17-,18?,19-/m1/s1. The Balaban J connectivity index is 1.48. The SMILES string of the molecule is CCCC1CCC(C2CCC3C[C@H](O)CC[C@@H]3C2)CC1. The van der Waals surface area contributed by atoms with Gasteiger partial charge < -0.3 is 5.11 Å². The van der Waals surface area contributed by atoms with Crippen LogP contribution in [0.25, 0.3) is 0 Å². The van der Waals surface area contributed by atoms with Gasteiger partial charge in [0.25, 0.3) is 0 Å². The fourth-order valence-electron chi connectivity index (χ4n) is 5.69. The van der Waals surface area contributed by atoms with Crippen LogP contribution in [0.1, 0.15) is 84.0 Å². The van der Waals surface area contributed by atoms with Crippen LogP contribution in [0.3, 0.4) is 0 Å². The number of aliphatic hydroxyl groups excluding tert-OH is 1. The molecular weight excluding hydrogens is 244 g/mol. The van der Waals surface area contributed by atoms with E-state index in [-0.39, 0.29) is 6.10 Å². The number of hydrogen-bond donors (Lipinski definition) is 1. The van der Waals surface area contributed by atoms with Gasteiger partial charge in [0.2, 0.25) is 0 Å². The molecule has 1 heteroatoms. The van der Waals surface area contributed by atoms with Crippen LogP contribution in [-0.4, -0.2) is 11.2 Å². The molecule has 0 bridgehead atoms. The molecule has 0 saturated heterocycles. The lowest BCUT2D eigenvalue weighted by atomic mass is 9.62. The normalized spacial score (nSPS) is 45.9. The molecule has 0 spiro atoms. The quantitative estimate of drug-likeness (QED) is 0.755. The molecule has 2 unspecified atom stereocenters. The molecule has 3 aliphatic rings. The molecule has 20 heavy (non-hydrogen) atoms. The summed E-state index contributed by atoms with van der Waals surface area (Å²) in [6.45, 7) is 2.34. The number of rotatable bonds is 3. The Bertz CT molecular complexity index is 292. The minimum atomic E-state index is 0.0253. The second-order valence-corrected chi connectivity index (χ2v) is 8.13. The van der Waals surface area contributed by atoms with E-state index in [2.05, 4.69) is 6.92 Å². The van der Waals surface area contributed by atoms with E-state index in [1.54, 1.807) is 0 Å². The molecule has 0 aliphatic heterocycles. The average Bonchev–Trinajstić information content (AvgIpc) is 2.48. The van der Waals surface area contributed by atoms with Gasteiger partial charge in [0.15, 0.2) is 0 Å². The molecule has 4 atom stereocenters. The highest BCUT2D eigenvalue weighted by Crippen LogP contribution is 2.48. The molecule has 0 aromatic rings. The van der Waals surface area contributed by atoms with Crippen molar-refractivity contribution in [2.45, 2.75) is 90.1 Å². The second-order valence-electron chi connectivity index (χ2n) is 8.13. The third kappa shape index (κ3) is 3.40. The summed E-state index contributed by atoms with van der Waals surface area (Å²) in [7, 11) is 0. The Kier molecular flexibility index (Phi) is 5.07. The van der Waals surface area contributed by atoms with Crippen LogP contribution in [0.4, 0.5) is 0 Å². The van der Waals surface area contributed by atoms with E-state index >= 15 is 0 Å². The largest absolute Gasteiger partial charge is 0.393 e. The maximum atomic E-state index is 9.84. The summed E-state index contributed by atoms with van der Waals surface area (Å²) in [6, 6.07) is 0. The van der Waals surface area contributed by atoms with Crippen molar-refractivity contribution in [2.75, 3.05) is 0 Å². The van der Waals surface area contributed by atoms with Gasteiger partial charge in [-0.15, -0.1) is 0 Å².